The second kappa shape index (κ2) is 7.28. The molecule has 2 aromatic rings. The summed E-state index contributed by atoms with van der Waals surface area (Å²) in [5, 5.41) is 3.80. The third-order valence-corrected chi connectivity index (χ3v) is 3.88. The summed E-state index contributed by atoms with van der Waals surface area (Å²) < 4.78 is 0. The quantitative estimate of drug-likeness (QED) is 0.868. The van der Waals surface area contributed by atoms with Gasteiger partial charge in [-0.3, -0.25) is 4.79 Å². The molecule has 0 radical (unpaired) electrons. The molecule has 1 unspecified atom stereocenters. The summed E-state index contributed by atoms with van der Waals surface area (Å²) in [4.78, 5) is 12.2. The van der Waals surface area contributed by atoms with Crippen molar-refractivity contribution in [1.82, 2.24) is 5.32 Å². The summed E-state index contributed by atoms with van der Waals surface area (Å²) >= 11 is 5.90. The number of carbonyl (C=O) groups excluding carboxylic acids is 1. The normalized spacial score (nSPS) is 12.0. The van der Waals surface area contributed by atoms with Crippen molar-refractivity contribution in [2.24, 2.45) is 0 Å². The fourth-order valence-corrected chi connectivity index (χ4v) is 2.47. The van der Waals surface area contributed by atoms with Crippen LogP contribution >= 0.6 is 11.6 Å². The van der Waals surface area contributed by atoms with Gasteiger partial charge < -0.3 is 5.32 Å². The average molecular weight is 302 g/mol. The number of hydrogen-bond donors (Lipinski definition) is 1. The number of hydrogen-bond acceptors (Lipinski definition) is 1. The highest BCUT2D eigenvalue weighted by molar-refractivity contribution is 6.30. The van der Waals surface area contributed by atoms with Crippen LogP contribution in [-0.2, 0) is 11.2 Å². The third-order valence-electron chi connectivity index (χ3n) is 3.63. The second-order valence-corrected chi connectivity index (χ2v) is 5.62. The molecule has 2 nitrogen and oxygen atoms in total. The molecular formula is C18H20ClNO. The Morgan fingerprint density at radius 3 is 2.43 bits per heavy atom. The Morgan fingerprint density at radius 1 is 1.14 bits per heavy atom. The van der Waals surface area contributed by atoms with Gasteiger partial charge in [0.2, 0.25) is 5.91 Å². The van der Waals surface area contributed by atoms with E-state index in [9.17, 15) is 4.79 Å². The maximum atomic E-state index is 12.2. The number of aryl methyl sites for hydroxylation is 1. The monoisotopic (exact) mass is 301 g/mol. The molecule has 0 spiro atoms. The van der Waals surface area contributed by atoms with Gasteiger partial charge in [0.1, 0.15) is 0 Å². The summed E-state index contributed by atoms with van der Waals surface area (Å²) in [6, 6.07) is 15.6. The predicted molar refractivity (Wildman–Crippen MR) is 87.5 cm³/mol. The number of nitrogens with one attached hydrogen (secondary N) is 1. The summed E-state index contributed by atoms with van der Waals surface area (Å²) in [5.41, 5.74) is 3.30. The van der Waals surface area contributed by atoms with Crippen LogP contribution in [0.3, 0.4) is 0 Å². The standard InChI is InChI=1S/C18H20ClNO/c1-3-17(14-8-10-16(19)11-9-14)20-18(21)12-15-7-5-4-6-13(15)2/h4-11,17H,3,12H2,1-2H3,(H,20,21). The van der Waals surface area contributed by atoms with Gasteiger partial charge in [-0.25, -0.2) is 0 Å². The smallest absolute Gasteiger partial charge is 0.224 e. The van der Waals surface area contributed by atoms with Gasteiger partial charge in [0, 0.05) is 5.02 Å². The number of amides is 1. The Hall–Kier alpha value is -1.80. The van der Waals surface area contributed by atoms with Gasteiger partial charge >= 0.3 is 0 Å². The topological polar surface area (TPSA) is 29.1 Å². The Balaban J connectivity index is 2.03. The Kier molecular flexibility index (Phi) is 5.40. The molecule has 2 aromatic carbocycles. The van der Waals surface area contributed by atoms with Gasteiger partial charge in [-0.15, -0.1) is 0 Å². The van der Waals surface area contributed by atoms with E-state index in [1.807, 2.05) is 55.5 Å². The van der Waals surface area contributed by atoms with E-state index in [4.69, 9.17) is 11.6 Å². The molecular weight excluding hydrogens is 282 g/mol. The summed E-state index contributed by atoms with van der Waals surface area (Å²) in [7, 11) is 0. The van der Waals surface area contributed by atoms with E-state index < -0.39 is 0 Å². The van der Waals surface area contributed by atoms with Crippen LogP contribution in [0.25, 0.3) is 0 Å². The van der Waals surface area contributed by atoms with Crippen molar-refractivity contribution >= 4 is 17.5 Å². The molecule has 1 amide bonds. The predicted octanol–water partition coefficient (Wildman–Crippen LogP) is 4.46. The molecule has 1 N–H and O–H groups in total. The highest BCUT2D eigenvalue weighted by atomic mass is 35.5. The van der Waals surface area contributed by atoms with E-state index in [0.29, 0.717) is 11.4 Å². The first-order chi connectivity index (χ1) is 10.1. The van der Waals surface area contributed by atoms with Crippen LogP contribution in [0.4, 0.5) is 0 Å². The van der Waals surface area contributed by atoms with Crippen LogP contribution in [0.2, 0.25) is 5.02 Å². The van der Waals surface area contributed by atoms with Crippen molar-refractivity contribution in [1.29, 1.82) is 0 Å². The first kappa shape index (κ1) is 15.6. The number of benzene rings is 2. The van der Waals surface area contributed by atoms with Gasteiger partial charge in [-0.05, 0) is 42.2 Å². The van der Waals surface area contributed by atoms with Gasteiger partial charge in [0.25, 0.3) is 0 Å². The lowest BCUT2D eigenvalue weighted by Crippen LogP contribution is -2.29. The fraction of sp³-hybridized carbons (Fsp3) is 0.278. The lowest BCUT2D eigenvalue weighted by atomic mass is 10.0. The molecule has 2 rings (SSSR count). The zero-order valence-electron chi connectivity index (χ0n) is 12.4. The molecule has 0 aromatic heterocycles. The molecule has 1 atom stereocenters. The molecule has 0 bridgehead atoms. The van der Waals surface area contributed by atoms with Crippen molar-refractivity contribution < 1.29 is 4.79 Å². The molecule has 0 saturated heterocycles. The van der Waals surface area contributed by atoms with Crippen LogP contribution in [0.5, 0.6) is 0 Å². The first-order valence-electron chi connectivity index (χ1n) is 7.19. The molecule has 0 aliphatic rings. The van der Waals surface area contributed by atoms with Crippen molar-refractivity contribution in [3.05, 3.63) is 70.2 Å². The fourth-order valence-electron chi connectivity index (χ4n) is 2.34. The van der Waals surface area contributed by atoms with E-state index in [1.165, 1.54) is 0 Å². The lowest BCUT2D eigenvalue weighted by Gasteiger charge is -2.18. The van der Waals surface area contributed by atoms with Crippen molar-refractivity contribution in [2.75, 3.05) is 0 Å². The Morgan fingerprint density at radius 2 is 1.81 bits per heavy atom. The summed E-state index contributed by atoms with van der Waals surface area (Å²) in [6.07, 6.45) is 1.26. The average Bonchev–Trinajstić information content (AvgIpc) is 2.48. The van der Waals surface area contributed by atoms with Gasteiger partial charge in [0.05, 0.1) is 12.5 Å². The largest absolute Gasteiger partial charge is 0.349 e. The van der Waals surface area contributed by atoms with Crippen LogP contribution in [-0.4, -0.2) is 5.91 Å². The van der Waals surface area contributed by atoms with E-state index in [0.717, 1.165) is 23.1 Å². The second-order valence-electron chi connectivity index (χ2n) is 5.18. The minimum Gasteiger partial charge on any atom is -0.349 e. The molecule has 21 heavy (non-hydrogen) atoms. The number of carbonyl (C=O) groups is 1. The van der Waals surface area contributed by atoms with E-state index in [-0.39, 0.29) is 11.9 Å². The van der Waals surface area contributed by atoms with Crippen LogP contribution < -0.4 is 5.32 Å². The number of halogens is 1. The van der Waals surface area contributed by atoms with Crippen molar-refractivity contribution in [3.8, 4) is 0 Å². The molecule has 0 fully saturated rings. The zero-order chi connectivity index (χ0) is 15.2. The molecule has 110 valence electrons. The molecule has 0 aliphatic carbocycles. The summed E-state index contributed by atoms with van der Waals surface area (Å²) in [6.45, 7) is 4.09. The maximum Gasteiger partial charge on any atom is 0.224 e. The molecule has 3 heteroatoms. The van der Waals surface area contributed by atoms with E-state index in [2.05, 4.69) is 12.2 Å². The maximum absolute atomic E-state index is 12.2. The van der Waals surface area contributed by atoms with Crippen molar-refractivity contribution in [2.45, 2.75) is 32.7 Å². The molecule has 0 aliphatic heterocycles. The highest BCUT2D eigenvalue weighted by Crippen LogP contribution is 2.19. The molecule has 0 saturated carbocycles. The van der Waals surface area contributed by atoms with Gasteiger partial charge in [-0.1, -0.05) is 54.9 Å². The minimum absolute atomic E-state index is 0.0267. The SMILES string of the molecule is CCC(NC(=O)Cc1ccccc1C)c1ccc(Cl)cc1. The first-order valence-corrected chi connectivity index (χ1v) is 7.57. The van der Waals surface area contributed by atoms with Crippen LogP contribution in [0.15, 0.2) is 48.5 Å². The van der Waals surface area contributed by atoms with Crippen molar-refractivity contribution in [3.63, 3.8) is 0 Å². The van der Waals surface area contributed by atoms with Crippen LogP contribution in [0, 0.1) is 6.92 Å². The zero-order valence-corrected chi connectivity index (χ0v) is 13.2. The van der Waals surface area contributed by atoms with E-state index >= 15 is 0 Å². The minimum atomic E-state index is 0.0267. The van der Waals surface area contributed by atoms with Crippen LogP contribution in [0.1, 0.15) is 36.1 Å². The van der Waals surface area contributed by atoms with Gasteiger partial charge in [0.15, 0.2) is 0 Å². The van der Waals surface area contributed by atoms with Gasteiger partial charge in [-0.2, -0.15) is 0 Å². The summed E-state index contributed by atoms with van der Waals surface area (Å²) in [5.74, 6) is 0.0473. The molecule has 0 heterocycles. The highest BCUT2D eigenvalue weighted by Gasteiger charge is 2.13. The van der Waals surface area contributed by atoms with E-state index in [1.54, 1.807) is 0 Å². The number of rotatable bonds is 5. The Labute approximate surface area is 131 Å². The Bertz CT molecular complexity index is 607. The lowest BCUT2D eigenvalue weighted by molar-refractivity contribution is -0.121. The third kappa shape index (κ3) is 4.33.